The zero-order chi connectivity index (χ0) is 33.3. The molecule has 0 saturated carbocycles. The molecule has 0 saturated heterocycles. The quantitative estimate of drug-likeness (QED) is 0.171. The Morgan fingerprint density at radius 1 is 0.500 bits per heavy atom. The predicted molar refractivity (Wildman–Crippen MR) is 197 cm³/mol. The fraction of sp³-hybridized carbons (Fsp3) is 0.400. The minimum atomic E-state index is 0.426. The van der Waals surface area contributed by atoms with Crippen LogP contribution in [0.5, 0.6) is 23.0 Å². The molecule has 48 heavy (non-hydrogen) atoms. The number of hydrogen-bond donors (Lipinski definition) is 0. The van der Waals surface area contributed by atoms with Gasteiger partial charge in [0.1, 0.15) is 36.2 Å². The van der Waals surface area contributed by atoms with E-state index in [2.05, 4.69) is 106 Å². The van der Waals surface area contributed by atoms with Gasteiger partial charge in [0, 0.05) is 56.9 Å². The topological polar surface area (TPSA) is 55.4 Å². The summed E-state index contributed by atoms with van der Waals surface area (Å²) in [6.07, 6.45) is 4.42. The van der Waals surface area contributed by atoms with Gasteiger partial charge >= 0.3 is 0 Å². The second kappa shape index (κ2) is 17.1. The van der Waals surface area contributed by atoms with Crippen LogP contribution in [-0.2, 0) is 35.2 Å². The molecule has 6 rings (SSSR count). The van der Waals surface area contributed by atoms with E-state index in [0.29, 0.717) is 78.5 Å². The molecule has 8 heteroatoms. The normalized spacial score (nSPS) is 15.2. The largest absolute Gasteiger partial charge is 0.493 e. The third kappa shape index (κ3) is 8.57. The Morgan fingerprint density at radius 3 is 1.17 bits per heavy atom. The van der Waals surface area contributed by atoms with Crippen LogP contribution in [0.1, 0.15) is 71.2 Å². The van der Waals surface area contributed by atoms with Gasteiger partial charge in [-0.15, -0.1) is 0 Å². The summed E-state index contributed by atoms with van der Waals surface area (Å²) < 4.78 is 40.3. The first-order valence-electron chi connectivity index (χ1n) is 17.0. The zero-order valence-corrected chi connectivity index (χ0v) is 31.1. The number of ether oxygens (including phenoxy) is 6. The third-order valence-corrected chi connectivity index (χ3v) is 9.43. The van der Waals surface area contributed by atoms with Gasteiger partial charge in [0.2, 0.25) is 0 Å². The molecule has 254 valence electrons. The van der Waals surface area contributed by atoms with Crippen molar-refractivity contribution in [2.45, 2.75) is 52.4 Å². The van der Waals surface area contributed by atoms with Crippen molar-refractivity contribution in [1.82, 2.24) is 0 Å². The van der Waals surface area contributed by atoms with Crippen LogP contribution in [0, 0.1) is 0 Å². The standard InChI is InChI=1S/C40H44Br2O6/c1-3-11-45-37-27-7-5-8-28(37)20-32-24-36(42)26-34-22-30-10-6-9-29(38(30)46-12-4-2)21-33-25-35(41)23-31(19-27)39(33)47-17-15-43-13-14-44-16-18-48-40(32)34/h5-10,23-26H,3-4,11-22H2,1-2H3. The number of para-hydroxylation sites is 2. The lowest BCUT2D eigenvalue weighted by Gasteiger charge is -2.23. The molecular formula is C40H44Br2O6. The van der Waals surface area contributed by atoms with Crippen molar-refractivity contribution in [3.8, 4) is 23.0 Å². The lowest BCUT2D eigenvalue weighted by Crippen LogP contribution is -2.15. The van der Waals surface area contributed by atoms with Gasteiger partial charge in [0.05, 0.1) is 39.6 Å². The van der Waals surface area contributed by atoms with Crippen LogP contribution in [0.3, 0.4) is 0 Å². The molecule has 10 bridgehead atoms. The summed E-state index contributed by atoms with van der Waals surface area (Å²) in [5, 5.41) is 0. The molecule has 1 aliphatic carbocycles. The highest BCUT2D eigenvalue weighted by Gasteiger charge is 2.23. The maximum atomic E-state index is 6.64. The molecule has 0 unspecified atom stereocenters. The average Bonchev–Trinajstić information content (AvgIpc) is 3.06. The van der Waals surface area contributed by atoms with Crippen molar-refractivity contribution in [3.63, 3.8) is 0 Å². The van der Waals surface area contributed by atoms with Crippen LogP contribution < -0.4 is 18.9 Å². The highest BCUT2D eigenvalue weighted by atomic mass is 79.9. The second-order valence-corrected chi connectivity index (χ2v) is 14.1. The molecule has 0 fully saturated rings. The van der Waals surface area contributed by atoms with Gasteiger partial charge in [-0.1, -0.05) is 82.1 Å². The van der Waals surface area contributed by atoms with Gasteiger partial charge in [0.15, 0.2) is 0 Å². The smallest absolute Gasteiger partial charge is 0.126 e. The Bertz CT molecular complexity index is 1490. The monoisotopic (exact) mass is 778 g/mol. The van der Waals surface area contributed by atoms with E-state index in [9.17, 15) is 0 Å². The Hall–Kier alpha value is -3.04. The van der Waals surface area contributed by atoms with E-state index < -0.39 is 0 Å². The van der Waals surface area contributed by atoms with E-state index in [1.54, 1.807) is 0 Å². The van der Waals surface area contributed by atoms with E-state index in [1.807, 2.05) is 0 Å². The summed E-state index contributed by atoms with van der Waals surface area (Å²) in [5.74, 6) is 3.62. The molecular weight excluding hydrogens is 736 g/mol. The van der Waals surface area contributed by atoms with Crippen LogP contribution in [0.4, 0.5) is 0 Å². The molecule has 0 N–H and O–H groups in total. The van der Waals surface area contributed by atoms with E-state index in [1.165, 1.54) is 0 Å². The van der Waals surface area contributed by atoms with Crippen molar-refractivity contribution in [3.05, 3.63) is 114 Å². The van der Waals surface area contributed by atoms with Crippen molar-refractivity contribution in [1.29, 1.82) is 0 Å². The summed E-state index contributed by atoms with van der Waals surface area (Å²) in [5.41, 5.74) is 8.85. The summed E-state index contributed by atoms with van der Waals surface area (Å²) >= 11 is 7.69. The third-order valence-electron chi connectivity index (χ3n) is 8.52. The predicted octanol–water partition coefficient (Wildman–Crippen LogP) is 9.27. The molecule has 1 aliphatic heterocycles. The van der Waals surface area contributed by atoms with Gasteiger partial charge in [-0.25, -0.2) is 0 Å². The number of fused-ring (bicyclic) bond motifs is 2. The SMILES string of the molecule is CCCOc1c2cccc1Cc1cc(Br)cc3c1OCCOCCOCCOc1c(cc(Br)cc1Cc1cccc(c1OCCC)C3)C2. The number of benzene rings is 4. The fourth-order valence-corrected chi connectivity index (χ4v) is 7.59. The summed E-state index contributed by atoms with van der Waals surface area (Å²) in [4.78, 5) is 0. The highest BCUT2D eigenvalue weighted by molar-refractivity contribution is 9.10. The Kier molecular flexibility index (Phi) is 12.4. The number of halogens is 2. The minimum absolute atomic E-state index is 0.426. The molecule has 0 radical (unpaired) electrons. The molecule has 0 spiro atoms. The van der Waals surface area contributed by atoms with Crippen molar-refractivity contribution in [2.75, 3.05) is 52.9 Å². The second-order valence-electron chi connectivity index (χ2n) is 12.2. The summed E-state index contributed by atoms with van der Waals surface area (Å²) in [6.45, 7) is 8.31. The van der Waals surface area contributed by atoms with Crippen molar-refractivity contribution < 1.29 is 28.4 Å². The Balaban J connectivity index is 1.62. The van der Waals surface area contributed by atoms with E-state index in [4.69, 9.17) is 28.4 Å². The lowest BCUT2D eigenvalue weighted by atomic mass is 9.91. The summed E-state index contributed by atoms with van der Waals surface area (Å²) in [7, 11) is 0. The minimum Gasteiger partial charge on any atom is -0.493 e. The van der Waals surface area contributed by atoms with Crippen molar-refractivity contribution >= 4 is 31.9 Å². The average molecular weight is 781 g/mol. The first kappa shape index (κ1) is 34.8. The first-order chi connectivity index (χ1) is 23.5. The van der Waals surface area contributed by atoms with Gasteiger partial charge < -0.3 is 28.4 Å². The van der Waals surface area contributed by atoms with Crippen LogP contribution in [-0.4, -0.2) is 52.9 Å². The molecule has 2 aliphatic rings. The fourth-order valence-electron chi connectivity index (χ4n) is 6.48. The van der Waals surface area contributed by atoms with Crippen molar-refractivity contribution in [2.24, 2.45) is 0 Å². The first-order valence-corrected chi connectivity index (χ1v) is 18.6. The maximum Gasteiger partial charge on any atom is 0.126 e. The van der Waals surface area contributed by atoms with E-state index in [-0.39, 0.29) is 0 Å². The van der Waals surface area contributed by atoms with E-state index >= 15 is 0 Å². The molecule has 4 aromatic carbocycles. The van der Waals surface area contributed by atoms with E-state index in [0.717, 1.165) is 89.3 Å². The Morgan fingerprint density at radius 2 is 0.833 bits per heavy atom. The Labute approximate surface area is 301 Å². The summed E-state index contributed by atoms with van der Waals surface area (Å²) in [6, 6.07) is 21.7. The molecule has 1 heterocycles. The lowest BCUT2D eigenvalue weighted by molar-refractivity contribution is 0.0270. The maximum absolute atomic E-state index is 6.64. The van der Waals surface area contributed by atoms with Crippen LogP contribution in [0.2, 0.25) is 0 Å². The van der Waals surface area contributed by atoms with Gasteiger partial charge in [0.25, 0.3) is 0 Å². The van der Waals surface area contributed by atoms with Gasteiger partial charge in [-0.05, 0) is 59.4 Å². The molecule has 0 aromatic heterocycles. The molecule has 0 atom stereocenters. The van der Waals surface area contributed by atoms with Gasteiger partial charge in [-0.2, -0.15) is 0 Å². The van der Waals surface area contributed by atoms with Crippen LogP contribution >= 0.6 is 31.9 Å². The van der Waals surface area contributed by atoms with Crippen LogP contribution in [0.15, 0.2) is 69.6 Å². The highest BCUT2D eigenvalue weighted by Crippen LogP contribution is 2.40. The molecule has 0 amide bonds. The van der Waals surface area contributed by atoms with Crippen LogP contribution in [0.25, 0.3) is 0 Å². The van der Waals surface area contributed by atoms with Gasteiger partial charge in [-0.3, -0.25) is 0 Å². The zero-order valence-electron chi connectivity index (χ0n) is 27.9. The number of rotatable bonds is 6. The molecule has 4 aromatic rings. The molecule has 6 nitrogen and oxygen atoms in total. The number of hydrogen-bond acceptors (Lipinski definition) is 6.